The lowest BCUT2D eigenvalue weighted by molar-refractivity contribution is -0.137. The van der Waals surface area contributed by atoms with Crippen molar-refractivity contribution in [2.75, 3.05) is 6.61 Å². The third-order valence-corrected chi connectivity index (χ3v) is 2.37. The Bertz CT molecular complexity index is 545. The number of ether oxygens (including phenoxy) is 1. The van der Waals surface area contributed by atoms with Crippen LogP contribution in [0.15, 0.2) is 48.8 Å². The second-order valence-electron chi connectivity index (χ2n) is 3.59. The third-order valence-electron chi connectivity index (χ3n) is 2.37. The molecule has 0 aliphatic rings. The molecule has 0 amide bonds. The summed E-state index contributed by atoms with van der Waals surface area (Å²) >= 11 is 0. The van der Waals surface area contributed by atoms with E-state index in [-0.39, 0.29) is 5.97 Å². The maximum absolute atomic E-state index is 11.3. The van der Waals surface area contributed by atoms with E-state index in [1.165, 1.54) is 6.08 Å². The van der Waals surface area contributed by atoms with Crippen LogP contribution in [0.4, 0.5) is 0 Å². The van der Waals surface area contributed by atoms with Gasteiger partial charge in [0.15, 0.2) is 0 Å². The van der Waals surface area contributed by atoms with Crippen molar-refractivity contribution in [2.24, 2.45) is 0 Å². The summed E-state index contributed by atoms with van der Waals surface area (Å²) in [5.74, 6) is -0.340. The van der Waals surface area contributed by atoms with E-state index in [2.05, 4.69) is 5.10 Å². The molecule has 4 nitrogen and oxygen atoms in total. The van der Waals surface area contributed by atoms with Crippen LogP contribution >= 0.6 is 0 Å². The molecule has 2 rings (SSSR count). The van der Waals surface area contributed by atoms with Gasteiger partial charge in [-0.2, -0.15) is 5.10 Å². The minimum Gasteiger partial charge on any atom is -0.463 e. The zero-order chi connectivity index (χ0) is 12.8. The number of hydrogen-bond acceptors (Lipinski definition) is 3. The van der Waals surface area contributed by atoms with Crippen molar-refractivity contribution in [2.45, 2.75) is 6.92 Å². The molecule has 0 N–H and O–H groups in total. The van der Waals surface area contributed by atoms with Gasteiger partial charge in [0.2, 0.25) is 0 Å². The van der Waals surface area contributed by atoms with Gasteiger partial charge in [-0.25, -0.2) is 9.48 Å². The van der Waals surface area contributed by atoms with Crippen molar-refractivity contribution in [1.29, 1.82) is 0 Å². The maximum Gasteiger partial charge on any atom is 0.330 e. The van der Waals surface area contributed by atoms with E-state index in [1.54, 1.807) is 23.9 Å². The second kappa shape index (κ2) is 5.82. The fraction of sp³-hybridized carbons (Fsp3) is 0.143. The van der Waals surface area contributed by atoms with Crippen molar-refractivity contribution < 1.29 is 9.53 Å². The van der Waals surface area contributed by atoms with Crippen LogP contribution in [0.5, 0.6) is 0 Å². The summed E-state index contributed by atoms with van der Waals surface area (Å²) in [6, 6.07) is 9.56. The molecule has 0 atom stereocenters. The Morgan fingerprint density at radius 2 is 2.22 bits per heavy atom. The van der Waals surface area contributed by atoms with Crippen molar-refractivity contribution in [1.82, 2.24) is 9.78 Å². The Morgan fingerprint density at radius 3 is 2.94 bits per heavy atom. The molecule has 0 saturated heterocycles. The van der Waals surface area contributed by atoms with Gasteiger partial charge >= 0.3 is 5.97 Å². The van der Waals surface area contributed by atoms with Gasteiger partial charge < -0.3 is 4.74 Å². The van der Waals surface area contributed by atoms with Crippen LogP contribution in [-0.2, 0) is 9.53 Å². The van der Waals surface area contributed by atoms with Gasteiger partial charge in [0.25, 0.3) is 0 Å². The van der Waals surface area contributed by atoms with E-state index in [1.807, 2.05) is 36.5 Å². The van der Waals surface area contributed by atoms with Gasteiger partial charge in [0.1, 0.15) is 0 Å². The summed E-state index contributed by atoms with van der Waals surface area (Å²) in [4.78, 5) is 11.3. The van der Waals surface area contributed by atoms with Crippen LogP contribution in [0, 0.1) is 0 Å². The first kappa shape index (κ1) is 12.1. The predicted molar refractivity (Wildman–Crippen MR) is 69.2 cm³/mol. The topological polar surface area (TPSA) is 44.1 Å². The van der Waals surface area contributed by atoms with Crippen LogP contribution in [0.2, 0.25) is 0 Å². The van der Waals surface area contributed by atoms with Crippen molar-refractivity contribution in [3.8, 4) is 5.69 Å². The van der Waals surface area contributed by atoms with Crippen molar-refractivity contribution >= 4 is 12.0 Å². The number of esters is 1. The average molecular weight is 242 g/mol. The Hall–Kier alpha value is -2.36. The largest absolute Gasteiger partial charge is 0.463 e. The monoisotopic (exact) mass is 242 g/mol. The predicted octanol–water partition coefficient (Wildman–Crippen LogP) is 2.45. The van der Waals surface area contributed by atoms with E-state index in [0.717, 1.165) is 11.3 Å². The van der Waals surface area contributed by atoms with Gasteiger partial charge in [-0.3, -0.25) is 0 Å². The van der Waals surface area contributed by atoms with E-state index in [4.69, 9.17) is 4.74 Å². The van der Waals surface area contributed by atoms with Crippen LogP contribution in [-0.4, -0.2) is 22.4 Å². The molecule has 0 aliphatic carbocycles. The summed E-state index contributed by atoms with van der Waals surface area (Å²) in [5.41, 5.74) is 1.83. The summed E-state index contributed by atoms with van der Waals surface area (Å²) < 4.78 is 6.60. The highest BCUT2D eigenvalue weighted by Gasteiger charge is 2.02. The second-order valence-corrected chi connectivity index (χ2v) is 3.59. The lowest BCUT2D eigenvalue weighted by atomic mass is 10.1. The molecule has 0 unspecified atom stereocenters. The number of hydrogen-bond donors (Lipinski definition) is 0. The zero-order valence-electron chi connectivity index (χ0n) is 10.1. The van der Waals surface area contributed by atoms with Crippen LogP contribution in [0.1, 0.15) is 12.5 Å². The van der Waals surface area contributed by atoms with E-state index < -0.39 is 0 Å². The molecule has 0 saturated carbocycles. The van der Waals surface area contributed by atoms with Gasteiger partial charge in [0.05, 0.1) is 12.3 Å². The number of rotatable bonds is 4. The fourth-order valence-corrected chi connectivity index (χ4v) is 1.60. The Labute approximate surface area is 106 Å². The first-order chi connectivity index (χ1) is 8.81. The normalized spacial score (nSPS) is 10.7. The lowest BCUT2D eigenvalue weighted by Gasteiger charge is -2.05. The molecule has 18 heavy (non-hydrogen) atoms. The van der Waals surface area contributed by atoms with E-state index >= 15 is 0 Å². The zero-order valence-corrected chi connectivity index (χ0v) is 10.1. The first-order valence-corrected chi connectivity index (χ1v) is 5.75. The number of carbonyl (C=O) groups is 1. The smallest absolute Gasteiger partial charge is 0.330 e. The standard InChI is InChI=1S/C14H14N2O2/c1-2-18-14(17)9-8-12-6-3-4-7-13(12)16-11-5-10-15-16/h3-11H,2H2,1H3/b9-8+. The Balaban J connectivity index is 2.26. The molecule has 4 heteroatoms. The van der Waals surface area contributed by atoms with E-state index in [0.29, 0.717) is 6.61 Å². The summed E-state index contributed by atoms with van der Waals surface area (Å²) in [7, 11) is 0. The molecule has 0 radical (unpaired) electrons. The summed E-state index contributed by atoms with van der Waals surface area (Å²) in [5, 5.41) is 4.18. The number of carbonyl (C=O) groups excluding carboxylic acids is 1. The molecule has 0 aliphatic heterocycles. The van der Waals surface area contributed by atoms with Gasteiger partial charge in [-0.1, -0.05) is 18.2 Å². The number of nitrogens with zero attached hydrogens (tertiary/aromatic N) is 2. The van der Waals surface area contributed by atoms with Crippen LogP contribution in [0.25, 0.3) is 11.8 Å². The molecule has 1 heterocycles. The Morgan fingerprint density at radius 1 is 1.39 bits per heavy atom. The number of para-hydroxylation sites is 1. The van der Waals surface area contributed by atoms with Gasteiger partial charge in [-0.05, 0) is 25.1 Å². The van der Waals surface area contributed by atoms with Crippen LogP contribution in [0.3, 0.4) is 0 Å². The molecule has 0 fully saturated rings. The fourth-order valence-electron chi connectivity index (χ4n) is 1.60. The van der Waals surface area contributed by atoms with Gasteiger partial charge in [-0.15, -0.1) is 0 Å². The van der Waals surface area contributed by atoms with Crippen LogP contribution < -0.4 is 0 Å². The van der Waals surface area contributed by atoms with E-state index in [9.17, 15) is 4.79 Å². The molecule has 1 aromatic heterocycles. The van der Waals surface area contributed by atoms with Crippen molar-refractivity contribution in [3.63, 3.8) is 0 Å². The molecule has 0 spiro atoms. The molecule has 2 aromatic rings. The van der Waals surface area contributed by atoms with Crippen molar-refractivity contribution in [3.05, 3.63) is 54.4 Å². The maximum atomic E-state index is 11.3. The molecule has 1 aromatic carbocycles. The Kier molecular flexibility index (Phi) is 3.91. The third kappa shape index (κ3) is 2.85. The minimum atomic E-state index is -0.340. The average Bonchev–Trinajstić information content (AvgIpc) is 2.91. The SMILES string of the molecule is CCOC(=O)/C=C/c1ccccc1-n1cccn1. The minimum absolute atomic E-state index is 0.340. The summed E-state index contributed by atoms with van der Waals surface area (Å²) in [6.45, 7) is 2.16. The first-order valence-electron chi connectivity index (χ1n) is 5.75. The number of aromatic nitrogens is 2. The highest BCUT2D eigenvalue weighted by molar-refractivity contribution is 5.87. The van der Waals surface area contributed by atoms with Gasteiger partial charge in [0, 0.05) is 24.0 Å². The highest BCUT2D eigenvalue weighted by atomic mass is 16.5. The highest BCUT2D eigenvalue weighted by Crippen LogP contribution is 2.14. The summed E-state index contributed by atoms with van der Waals surface area (Å²) in [6.07, 6.45) is 6.73. The lowest BCUT2D eigenvalue weighted by Crippen LogP contribution is -2.00. The molecule has 0 bridgehead atoms. The molecular formula is C14H14N2O2. The number of benzene rings is 1. The molecule has 92 valence electrons. The molecular weight excluding hydrogens is 228 g/mol. The quantitative estimate of drug-likeness (QED) is 0.611.